The van der Waals surface area contributed by atoms with Crippen LogP contribution in [0.15, 0.2) is 0 Å². The highest BCUT2D eigenvalue weighted by Crippen LogP contribution is 2.15. The summed E-state index contributed by atoms with van der Waals surface area (Å²) in [4.78, 5) is 14.0. The lowest BCUT2D eigenvalue weighted by Gasteiger charge is -2.26. The van der Waals surface area contributed by atoms with Crippen LogP contribution in [0.25, 0.3) is 0 Å². The van der Waals surface area contributed by atoms with E-state index in [1.165, 1.54) is 0 Å². The van der Waals surface area contributed by atoms with Crippen molar-refractivity contribution in [3.8, 4) is 0 Å². The maximum atomic E-state index is 12.1. The predicted molar refractivity (Wildman–Crippen MR) is 70.0 cm³/mol. The summed E-state index contributed by atoms with van der Waals surface area (Å²) in [6.45, 7) is 5.75. The smallest absolute Gasteiger partial charge is 0.244 e. The molecule has 0 saturated carbocycles. The van der Waals surface area contributed by atoms with E-state index in [1.54, 1.807) is 4.68 Å². The van der Waals surface area contributed by atoms with Crippen molar-refractivity contribution in [2.24, 2.45) is 0 Å². The molecule has 2 heterocycles. The Kier molecular flexibility index (Phi) is 3.61. The molecule has 6 heteroatoms. The van der Waals surface area contributed by atoms with Gasteiger partial charge in [-0.25, -0.2) is 0 Å². The van der Waals surface area contributed by atoms with Crippen LogP contribution in [0.3, 0.4) is 0 Å². The van der Waals surface area contributed by atoms with Crippen LogP contribution in [0, 0.1) is 13.8 Å². The van der Waals surface area contributed by atoms with E-state index in [9.17, 15) is 4.79 Å². The van der Waals surface area contributed by atoms with Gasteiger partial charge in [0.15, 0.2) is 0 Å². The van der Waals surface area contributed by atoms with Gasteiger partial charge in [0.25, 0.3) is 0 Å². The summed E-state index contributed by atoms with van der Waals surface area (Å²) in [6.07, 6.45) is 0. The molecule has 2 N–H and O–H groups in total. The molecule has 1 aliphatic heterocycles. The number of carbonyl (C=O) groups is 1. The van der Waals surface area contributed by atoms with Gasteiger partial charge in [0.05, 0.1) is 17.1 Å². The number of nitrogens with two attached hydrogens (primary N) is 1. The lowest BCUT2D eigenvalue weighted by atomic mass is 10.3. The quantitative estimate of drug-likeness (QED) is 0.842. The number of thioether (sulfide) groups is 1. The molecule has 1 aromatic heterocycles. The zero-order valence-corrected chi connectivity index (χ0v) is 11.1. The van der Waals surface area contributed by atoms with Crippen molar-refractivity contribution in [3.05, 3.63) is 11.4 Å². The average Bonchev–Trinajstić information content (AvgIpc) is 2.58. The van der Waals surface area contributed by atoms with E-state index < -0.39 is 0 Å². The highest BCUT2D eigenvalue weighted by Gasteiger charge is 2.18. The molecule has 1 fully saturated rings. The second kappa shape index (κ2) is 5.00. The first-order valence-corrected chi connectivity index (χ1v) is 6.90. The van der Waals surface area contributed by atoms with Gasteiger partial charge in [0.1, 0.15) is 6.54 Å². The SMILES string of the molecule is Cc1nn(CC(=O)N2CCSCC2)c(C)c1N. The normalized spacial score (nSPS) is 16.2. The van der Waals surface area contributed by atoms with E-state index in [1.807, 2.05) is 30.5 Å². The van der Waals surface area contributed by atoms with E-state index in [-0.39, 0.29) is 5.91 Å². The van der Waals surface area contributed by atoms with Gasteiger partial charge in [-0.05, 0) is 13.8 Å². The molecule has 2 rings (SSSR count). The maximum Gasteiger partial charge on any atom is 0.244 e. The van der Waals surface area contributed by atoms with Crippen molar-refractivity contribution in [3.63, 3.8) is 0 Å². The van der Waals surface area contributed by atoms with Crippen LogP contribution >= 0.6 is 11.8 Å². The van der Waals surface area contributed by atoms with Gasteiger partial charge in [0.2, 0.25) is 5.91 Å². The molecule has 0 spiro atoms. The number of aromatic nitrogens is 2. The standard InChI is InChI=1S/C11H18N4OS/c1-8-11(12)9(2)15(13-8)7-10(16)14-3-5-17-6-4-14/h3-7,12H2,1-2H3. The van der Waals surface area contributed by atoms with Crippen molar-refractivity contribution < 1.29 is 4.79 Å². The minimum atomic E-state index is 0.135. The summed E-state index contributed by atoms with van der Waals surface area (Å²) >= 11 is 1.90. The van der Waals surface area contributed by atoms with Crippen molar-refractivity contribution in [2.45, 2.75) is 20.4 Å². The zero-order valence-electron chi connectivity index (χ0n) is 10.3. The van der Waals surface area contributed by atoms with E-state index >= 15 is 0 Å². The number of hydrogen-bond acceptors (Lipinski definition) is 4. The molecular formula is C11H18N4OS. The third-order valence-electron chi connectivity index (χ3n) is 3.09. The van der Waals surface area contributed by atoms with Gasteiger partial charge in [-0.2, -0.15) is 16.9 Å². The Morgan fingerprint density at radius 3 is 2.59 bits per heavy atom. The van der Waals surface area contributed by atoms with E-state index in [2.05, 4.69) is 5.10 Å². The fraction of sp³-hybridized carbons (Fsp3) is 0.636. The molecule has 0 atom stereocenters. The lowest BCUT2D eigenvalue weighted by molar-refractivity contribution is -0.131. The highest BCUT2D eigenvalue weighted by molar-refractivity contribution is 7.99. The van der Waals surface area contributed by atoms with Gasteiger partial charge in [0, 0.05) is 24.6 Å². The van der Waals surface area contributed by atoms with Gasteiger partial charge in [-0.3, -0.25) is 9.48 Å². The van der Waals surface area contributed by atoms with Crippen LogP contribution in [0.4, 0.5) is 5.69 Å². The van der Waals surface area contributed by atoms with Crippen molar-refractivity contribution in [2.75, 3.05) is 30.3 Å². The molecule has 0 unspecified atom stereocenters. The Labute approximate surface area is 105 Å². The molecule has 0 bridgehead atoms. The molecular weight excluding hydrogens is 236 g/mol. The minimum absolute atomic E-state index is 0.135. The van der Waals surface area contributed by atoms with E-state index in [0.717, 1.165) is 36.0 Å². The Morgan fingerprint density at radius 1 is 1.41 bits per heavy atom. The molecule has 0 radical (unpaired) electrons. The lowest BCUT2D eigenvalue weighted by Crippen LogP contribution is -2.40. The Bertz CT molecular complexity index is 423. The van der Waals surface area contributed by atoms with Crippen molar-refractivity contribution >= 4 is 23.4 Å². The largest absolute Gasteiger partial charge is 0.396 e. The van der Waals surface area contributed by atoms with Crippen LogP contribution in [0.1, 0.15) is 11.4 Å². The summed E-state index contributed by atoms with van der Waals surface area (Å²) in [5.41, 5.74) is 8.21. The summed E-state index contributed by atoms with van der Waals surface area (Å²) in [5, 5.41) is 4.28. The number of hydrogen-bond donors (Lipinski definition) is 1. The van der Waals surface area contributed by atoms with Crippen molar-refractivity contribution in [1.82, 2.24) is 14.7 Å². The Hall–Kier alpha value is -1.17. The predicted octanol–water partition coefficient (Wildman–Crippen LogP) is 0.658. The number of anilines is 1. The van der Waals surface area contributed by atoms with E-state index in [0.29, 0.717) is 12.2 Å². The fourth-order valence-corrected chi connectivity index (χ4v) is 2.81. The van der Waals surface area contributed by atoms with Crippen molar-refractivity contribution in [1.29, 1.82) is 0 Å². The van der Waals surface area contributed by atoms with Crippen LogP contribution < -0.4 is 5.73 Å². The average molecular weight is 254 g/mol. The summed E-state index contributed by atoms with van der Waals surface area (Å²) in [5.74, 6) is 2.20. The summed E-state index contributed by atoms with van der Waals surface area (Å²) in [6, 6.07) is 0. The van der Waals surface area contributed by atoms with Crippen LogP contribution in [-0.2, 0) is 11.3 Å². The topological polar surface area (TPSA) is 64.2 Å². The summed E-state index contributed by atoms with van der Waals surface area (Å²) in [7, 11) is 0. The Morgan fingerprint density at radius 2 is 2.06 bits per heavy atom. The molecule has 1 aliphatic rings. The van der Waals surface area contributed by atoms with Gasteiger partial charge in [-0.1, -0.05) is 0 Å². The number of rotatable bonds is 2. The third-order valence-corrected chi connectivity index (χ3v) is 4.03. The number of amides is 1. The highest BCUT2D eigenvalue weighted by atomic mass is 32.2. The second-order valence-corrected chi connectivity index (χ2v) is 5.46. The minimum Gasteiger partial charge on any atom is -0.396 e. The zero-order chi connectivity index (χ0) is 12.4. The van der Waals surface area contributed by atoms with Crippen LogP contribution in [0.5, 0.6) is 0 Å². The molecule has 94 valence electrons. The number of nitrogen functional groups attached to an aromatic ring is 1. The Balaban J connectivity index is 2.04. The molecule has 5 nitrogen and oxygen atoms in total. The third kappa shape index (κ3) is 2.57. The van der Waals surface area contributed by atoms with Gasteiger partial charge < -0.3 is 10.6 Å². The first-order valence-electron chi connectivity index (χ1n) is 5.74. The van der Waals surface area contributed by atoms with Crippen LogP contribution in [0.2, 0.25) is 0 Å². The molecule has 0 aliphatic carbocycles. The first-order chi connectivity index (χ1) is 8.09. The number of nitrogens with zero attached hydrogens (tertiary/aromatic N) is 3. The van der Waals surface area contributed by atoms with Crippen LogP contribution in [-0.4, -0.2) is 45.2 Å². The molecule has 1 amide bonds. The molecule has 1 aromatic rings. The molecule has 1 saturated heterocycles. The molecule has 17 heavy (non-hydrogen) atoms. The van der Waals surface area contributed by atoms with Gasteiger partial charge in [-0.15, -0.1) is 0 Å². The second-order valence-electron chi connectivity index (χ2n) is 4.24. The van der Waals surface area contributed by atoms with Gasteiger partial charge >= 0.3 is 0 Å². The first kappa shape index (κ1) is 12.3. The maximum absolute atomic E-state index is 12.1. The summed E-state index contributed by atoms with van der Waals surface area (Å²) < 4.78 is 1.70. The van der Waals surface area contributed by atoms with E-state index in [4.69, 9.17) is 5.73 Å². The number of aryl methyl sites for hydroxylation is 1. The monoisotopic (exact) mass is 254 g/mol. The molecule has 0 aromatic carbocycles. The number of carbonyl (C=O) groups excluding carboxylic acids is 1. The fourth-order valence-electron chi connectivity index (χ4n) is 1.91.